The van der Waals surface area contributed by atoms with Gasteiger partial charge >= 0.3 is 5.69 Å². The summed E-state index contributed by atoms with van der Waals surface area (Å²) in [7, 11) is 0. The zero-order chi connectivity index (χ0) is 22.1. The molecule has 1 aliphatic heterocycles. The van der Waals surface area contributed by atoms with Crippen LogP contribution in [0.5, 0.6) is 11.5 Å². The van der Waals surface area contributed by atoms with Crippen molar-refractivity contribution in [2.75, 3.05) is 5.32 Å². The van der Waals surface area contributed by atoms with E-state index in [1.165, 1.54) is 9.08 Å². The number of hydrogen-bond donors (Lipinski definition) is 1. The van der Waals surface area contributed by atoms with Crippen LogP contribution in [-0.2, 0) is 11.3 Å². The molecule has 4 heterocycles. The van der Waals surface area contributed by atoms with Gasteiger partial charge in [-0.3, -0.25) is 4.79 Å². The summed E-state index contributed by atoms with van der Waals surface area (Å²) in [6.07, 6.45) is 0. The molecule has 0 radical (unpaired) electrons. The minimum Gasteiger partial charge on any atom is -0.449 e. The first-order valence-electron chi connectivity index (χ1n) is 9.81. The number of benzene rings is 1. The number of carbonyl (C=O) groups is 1. The monoisotopic (exact) mass is 439 g/mol. The smallest absolute Gasteiger partial charge is 0.352 e. The number of fused-ring (bicyclic) bond motifs is 4. The summed E-state index contributed by atoms with van der Waals surface area (Å²) in [5.41, 5.74) is 1.72. The lowest BCUT2D eigenvalue weighted by Gasteiger charge is -2.16. The Morgan fingerprint density at radius 3 is 2.71 bits per heavy atom. The summed E-state index contributed by atoms with van der Waals surface area (Å²) in [6.45, 7) is 9.17. The first kappa shape index (κ1) is 19.6. The number of nitrogens with zero attached hydrogens (tertiary/aromatic N) is 4. The van der Waals surface area contributed by atoms with Gasteiger partial charge in [-0.1, -0.05) is 0 Å². The van der Waals surface area contributed by atoms with Crippen molar-refractivity contribution in [3.8, 4) is 11.5 Å². The first-order valence-corrected chi connectivity index (χ1v) is 10.6. The zero-order valence-corrected chi connectivity index (χ0v) is 18.6. The van der Waals surface area contributed by atoms with Gasteiger partial charge in [-0.05, 0) is 38.5 Å². The van der Waals surface area contributed by atoms with Gasteiger partial charge in [-0.2, -0.15) is 0 Å². The molecule has 0 spiro atoms. The summed E-state index contributed by atoms with van der Waals surface area (Å²) < 4.78 is 14.0. The second kappa shape index (κ2) is 6.55. The molecule has 3 aromatic heterocycles. The van der Waals surface area contributed by atoms with Crippen molar-refractivity contribution in [2.24, 2.45) is 0 Å². The lowest BCUT2D eigenvalue weighted by atomic mass is 10.2. The van der Waals surface area contributed by atoms with Gasteiger partial charge in [0.25, 0.3) is 0 Å². The molecule has 0 unspecified atom stereocenters. The normalized spacial score (nSPS) is 14.5. The third-order valence-electron chi connectivity index (χ3n) is 5.25. The van der Waals surface area contributed by atoms with Crippen LogP contribution in [0.15, 0.2) is 23.0 Å². The molecule has 1 N–H and O–H groups in total. The summed E-state index contributed by atoms with van der Waals surface area (Å²) in [5.74, 6) is 0.597. The lowest BCUT2D eigenvalue weighted by Crippen LogP contribution is -2.29. The van der Waals surface area contributed by atoms with E-state index in [-0.39, 0.29) is 12.5 Å². The van der Waals surface area contributed by atoms with E-state index in [0.29, 0.717) is 28.7 Å². The summed E-state index contributed by atoms with van der Waals surface area (Å²) in [4.78, 5) is 32.1. The van der Waals surface area contributed by atoms with Crippen molar-refractivity contribution in [1.29, 1.82) is 0 Å². The predicted molar refractivity (Wildman–Crippen MR) is 117 cm³/mol. The molecule has 0 saturated carbocycles. The SMILES string of the molecule is Cc1sc2nc(C)n3c(=O)n(CC(=O)Nc4ccc5c(c4)OC(C)(C)O5)nc3c2c1C. The quantitative estimate of drug-likeness (QED) is 0.526. The number of aromatic nitrogens is 4. The molecule has 9 nitrogen and oxygen atoms in total. The molecule has 1 aliphatic rings. The van der Waals surface area contributed by atoms with Crippen LogP contribution in [0.3, 0.4) is 0 Å². The Labute approximate surface area is 181 Å². The number of amides is 1. The van der Waals surface area contributed by atoms with Gasteiger partial charge in [-0.15, -0.1) is 16.4 Å². The van der Waals surface area contributed by atoms with Crippen LogP contribution in [-0.4, -0.2) is 30.9 Å². The van der Waals surface area contributed by atoms with Gasteiger partial charge in [0.05, 0.1) is 5.39 Å². The maximum atomic E-state index is 12.9. The van der Waals surface area contributed by atoms with Gasteiger partial charge in [0.1, 0.15) is 17.2 Å². The highest BCUT2D eigenvalue weighted by molar-refractivity contribution is 7.18. The lowest BCUT2D eigenvalue weighted by molar-refractivity contribution is -0.117. The molecule has 0 fully saturated rings. The third-order valence-corrected chi connectivity index (χ3v) is 6.35. The molecular formula is C21H21N5O4S. The molecule has 0 saturated heterocycles. The number of carbonyl (C=O) groups excluding carboxylic acids is 1. The highest BCUT2D eigenvalue weighted by atomic mass is 32.1. The second-order valence-electron chi connectivity index (χ2n) is 8.04. The fourth-order valence-electron chi connectivity index (χ4n) is 3.75. The van der Waals surface area contributed by atoms with Crippen molar-refractivity contribution in [3.05, 3.63) is 44.9 Å². The highest BCUT2D eigenvalue weighted by Crippen LogP contribution is 2.40. The average Bonchev–Trinajstić information content (AvgIpc) is 3.25. The van der Waals surface area contributed by atoms with Crippen LogP contribution in [0.2, 0.25) is 0 Å². The number of anilines is 1. The highest BCUT2D eigenvalue weighted by Gasteiger charge is 2.31. The molecule has 0 bridgehead atoms. The Morgan fingerprint density at radius 2 is 1.94 bits per heavy atom. The van der Waals surface area contributed by atoms with Crippen LogP contribution in [0, 0.1) is 20.8 Å². The topological polar surface area (TPSA) is 99.8 Å². The van der Waals surface area contributed by atoms with Crippen LogP contribution in [0.1, 0.15) is 30.1 Å². The number of ether oxygens (including phenoxy) is 2. The Kier molecular flexibility index (Phi) is 4.13. The van der Waals surface area contributed by atoms with E-state index in [1.807, 2.05) is 27.7 Å². The van der Waals surface area contributed by atoms with Gasteiger partial charge < -0.3 is 14.8 Å². The molecule has 1 amide bonds. The summed E-state index contributed by atoms with van der Waals surface area (Å²) >= 11 is 1.57. The minimum absolute atomic E-state index is 0.219. The van der Waals surface area contributed by atoms with E-state index in [1.54, 1.807) is 36.5 Å². The summed E-state index contributed by atoms with van der Waals surface area (Å²) in [5, 5.41) is 8.10. The molecule has 5 rings (SSSR count). The minimum atomic E-state index is -0.746. The summed E-state index contributed by atoms with van der Waals surface area (Å²) in [6, 6.07) is 5.16. The third kappa shape index (κ3) is 3.14. The van der Waals surface area contributed by atoms with Gasteiger partial charge in [0.15, 0.2) is 17.1 Å². The van der Waals surface area contributed by atoms with Gasteiger partial charge in [-0.25, -0.2) is 18.9 Å². The number of hydrogen-bond acceptors (Lipinski definition) is 7. The van der Waals surface area contributed by atoms with Crippen molar-refractivity contribution >= 4 is 38.8 Å². The largest absolute Gasteiger partial charge is 0.449 e. The van der Waals surface area contributed by atoms with Gasteiger partial charge in [0, 0.05) is 30.5 Å². The molecule has 31 heavy (non-hydrogen) atoms. The van der Waals surface area contributed by atoms with E-state index >= 15 is 0 Å². The van der Waals surface area contributed by atoms with Crippen molar-refractivity contribution in [1.82, 2.24) is 19.2 Å². The number of rotatable bonds is 3. The van der Waals surface area contributed by atoms with Crippen molar-refractivity contribution < 1.29 is 14.3 Å². The molecule has 1 aromatic carbocycles. The number of nitrogens with one attached hydrogen (secondary N) is 1. The standard InChI is InChI=1S/C21H21N5O4S/c1-10-11(2)31-19-17(10)18-24-25(20(28)26(18)12(3)22-19)9-16(27)23-13-6-7-14-15(8-13)30-21(4,5)29-14/h6-8H,9H2,1-5H3,(H,23,27). The Balaban J connectivity index is 1.45. The fraction of sp³-hybridized carbons (Fsp3) is 0.333. The molecular weight excluding hydrogens is 418 g/mol. The Morgan fingerprint density at radius 1 is 1.19 bits per heavy atom. The van der Waals surface area contributed by atoms with E-state index in [2.05, 4.69) is 15.4 Å². The molecule has 160 valence electrons. The molecule has 0 aliphatic carbocycles. The zero-order valence-electron chi connectivity index (χ0n) is 17.8. The van der Waals surface area contributed by atoms with E-state index in [4.69, 9.17) is 9.47 Å². The van der Waals surface area contributed by atoms with E-state index in [9.17, 15) is 9.59 Å². The van der Waals surface area contributed by atoms with Crippen molar-refractivity contribution in [3.63, 3.8) is 0 Å². The average molecular weight is 439 g/mol. The molecule has 10 heteroatoms. The maximum absolute atomic E-state index is 12.9. The fourth-order valence-corrected chi connectivity index (χ4v) is 4.82. The maximum Gasteiger partial charge on any atom is 0.352 e. The number of aryl methyl sites for hydroxylation is 3. The van der Waals surface area contributed by atoms with E-state index < -0.39 is 11.5 Å². The second-order valence-corrected chi connectivity index (χ2v) is 9.24. The predicted octanol–water partition coefficient (Wildman–Crippen LogP) is 3.18. The Bertz CT molecular complexity index is 1450. The Hall–Kier alpha value is -3.40. The van der Waals surface area contributed by atoms with E-state index in [0.717, 1.165) is 20.7 Å². The number of thiophene rings is 1. The van der Waals surface area contributed by atoms with Gasteiger partial charge in [0.2, 0.25) is 11.7 Å². The van der Waals surface area contributed by atoms with Crippen LogP contribution in [0.4, 0.5) is 5.69 Å². The molecule has 4 aromatic rings. The van der Waals surface area contributed by atoms with Crippen molar-refractivity contribution in [2.45, 2.75) is 47.0 Å². The van der Waals surface area contributed by atoms with Crippen LogP contribution in [0.25, 0.3) is 15.9 Å². The first-order chi connectivity index (χ1) is 14.6. The molecule has 0 atom stereocenters. The van der Waals surface area contributed by atoms with Crippen LogP contribution < -0.4 is 20.5 Å². The van der Waals surface area contributed by atoms with Crippen LogP contribution >= 0.6 is 11.3 Å².